The van der Waals surface area contributed by atoms with Crippen LogP contribution in [0.25, 0.3) is 0 Å². The monoisotopic (exact) mass is 145 g/mol. The Morgan fingerprint density at radius 2 is 2.10 bits per heavy atom. The third kappa shape index (κ3) is 7.23. The molecule has 0 saturated carbocycles. The highest BCUT2D eigenvalue weighted by Gasteiger charge is 1.93. The summed E-state index contributed by atoms with van der Waals surface area (Å²) in [4.78, 5) is 2.82. The first-order valence-corrected chi connectivity index (χ1v) is 3.50. The van der Waals surface area contributed by atoms with Crippen LogP contribution < -0.4 is 22.2 Å². The molecule has 1 atom stereocenters. The summed E-state index contributed by atoms with van der Waals surface area (Å²) >= 11 is 0. The van der Waals surface area contributed by atoms with E-state index in [0.29, 0.717) is 0 Å². The lowest BCUT2D eigenvalue weighted by Crippen LogP contribution is -2.78. The molecule has 0 aromatic carbocycles. The van der Waals surface area contributed by atoms with Crippen LogP contribution in [0, 0.1) is 0 Å². The molecule has 0 rings (SSSR count). The molecule has 0 bridgehead atoms. The zero-order chi connectivity index (χ0) is 7.98. The Kier molecular flexibility index (Phi) is 4.66. The number of hydrogen-bond acceptors (Lipinski definition) is 1. The maximum Gasteiger partial charge on any atom is 0.338 e. The van der Waals surface area contributed by atoms with Crippen molar-refractivity contribution in [1.82, 2.24) is 0 Å². The van der Waals surface area contributed by atoms with Crippen molar-refractivity contribution in [3.8, 4) is 0 Å². The molecule has 0 aromatic heterocycles. The van der Waals surface area contributed by atoms with E-state index in [-0.39, 0.29) is 12.0 Å². The lowest BCUT2D eigenvalue weighted by atomic mass is 10.2. The molecule has 0 spiro atoms. The molecule has 0 radical (unpaired) electrons. The predicted octanol–water partition coefficient (Wildman–Crippen LogP) is -2.53. The van der Waals surface area contributed by atoms with Crippen LogP contribution in [0.3, 0.4) is 0 Å². The largest absolute Gasteiger partial charge is 0.338 e. The van der Waals surface area contributed by atoms with Gasteiger partial charge in [-0.25, -0.2) is 0 Å². The summed E-state index contributed by atoms with van der Waals surface area (Å²) in [7, 11) is 0. The average molecular weight is 145 g/mol. The first kappa shape index (κ1) is 9.23. The molecule has 4 heteroatoms. The molecular formula is C6H17N4+. The standard InChI is InChI=1S/C6H16N4/c1-5(7)3-2-4-10-6(8)9/h5H,2-4,7H2,1H3,(H4,8,9,10)/p+1/t5-/m1/s1. The summed E-state index contributed by atoms with van der Waals surface area (Å²) in [6.07, 6.45) is 2.01. The Balaban J connectivity index is 3.13. The molecule has 0 aliphatic carbocycles. The number of rotatable bonds is 4. The molecule has 0 amide bonds. The van der Waals surface area contributed by atoms with Crippen LogP contribution in [0.5, 0.6) is 0 Å². The van der Waals surface area contributed by atoms with Crippen LogP contribution in [0.4, 0.5) is 0 Å². The Morgan fingerprint density at radius 3 is 2.50 bits per heavy atom. The van der Waals surface area contributed by atoms with Gasteiger partial charge in [0.2, 0.25) is 0 Å². The van der Waals surface area contributed by atoms with E-state index >= 15 is 0 Å². The highest BCUT2D eigenvalue weighted by Crippen LogP contribution is 1.87. The Bertz CT molecular complexity index is 104. The van der Waals surface area contributed by atoms with Crippen LogP contribution in [-0.2, 0) is 0 Å². The maximum absolute atomic E-state index is 5.51. The van der Waals surface area contributed by atoms with Crippen molar-refractivity contribution in [2.45, 2.75) is 25.8 Å². The van der Waals surface area contributed by atoms with Gasteiger partial charge in [-0.15, -0.1) is 0 Å². The van der Waals surface area contributed by atoms with Gasteiger partial charge in [0.25, 0.3) is 0 Å². The molecule has 7 N–H and O–H groups in total. The summed E-state index contributed by atoms with van der Waals surface area (Å²) in [5, 5.41) is 0. The number of nitrogens with one attached hydrogen (secondary N) is 1. The molecule has 0 aliphatic heterocycles. The van der Waals surface area contributed by atoms with Crippen LogP contribution in [-0.4, -0.2) is 18.5 Å². The quantitative estimate of drug-likeness (QED) is 0.200. The van der Waals surface area contributed by atoms with Gasteiger partial charge in [-0.3, -0.25) is 16.5 Å². The van der Waals surface area contributed by atoms with Crippen LogP contribution in [0.2, 0.25) is 0 Å². The van der Waals surface area contributed by atoms with E-state index in [1.54, 1.807) is 0 Å². The van der Waals surface area contributed by atoms with Gasteiger partial charge >= 0.3 is 5.96 Å². The third-order valence-corrected chi connectivity index (χ3v) is 1.17. The van der Waals surface area contributed by atoms with Gasteiger partial charge in [0.15, 0.2) is 0 Å². The maximum atomic E-state index is 5.51. The SMILES string of the molecule is C[C@@H](N)CCC[NH+]=C(N)N. The molecule has 0 saturated heterocycles. The molecule has 10 heavy (non-hydrogen) atoms. The second-order valence-electron chi connectivity index (χ2n) is 2.50. The minimum atomic E-state index is 0.265. The Morgan fingerprint density at radius 1 is 1.50 bits per heavy atom. The van der Waals surface area contributed by atoms with Crippen molar-refractivity contribution in [2.24, 2.45) is 17.2 Å². The zero-order valence-electron chi connectivity index (χ0n) is 6.43. The van der Waals surface area contributed by atoms with Gasteiger partial charge in [-0.2, -0.15) is 0 Å². The lowest BCUT2D eigenvalue weighted by Gasteiger charge is -2.00. The first-order valence-electron chi connectivity index (χ1n) is 3.50. The molecule has 0 aromatic rings. The van der Waals surface area contributed by atoms with Crippen molar-refractivity contribution in [3.05, 3.63) is 0 Å². The van der Waals surface area contributed by atoms with Crippen molar-refractivity contribution in [1.29, 1.82) is 0 Å². The number of guanidine groups is 1. The molecule has 4 nitrogen and oxygen atoms in total. The Hall–Kier alpha value is -0.770. The summed E-state index contributed by atoms with van der Waals surface area (Å²) in [5.41, 5.74) is 15.8. The number of nitrogens with two attached hydrogens (primary N) is 3. The van der Waals surface area contributed by atoms with E-state index in [4.69, 9.17) is 17.2 Å². The highest BCUT2D eigenvalue weighted by molar-refractivity contribution is 5.69. The predicted molar refractivity (Wildman–Crippen MR) is 42.1 cm³/mol. The summed E-state index contributed by atoms with van der Waals surface area (Å²) in [6, 6.07) is 0.265. The van der Waals surface area contributed by atoms with Gasteiger partial charge in [0.05, 0.1) is 6.54 Å². The summed E-state index contributed by atoms with van der Waals surface area (Å²) < 4.78 is 0. The third-order valence-electron chi connectivity index (χ3n) is 1.17. The topological polar surface area (TPSA) is 92.0 Å². The van der Waals surface area contributed by atoms with Gasteiger partial charge in [0.1, 0.15) is 0 Å². The van der Waals surface area contributed by atoms with Crippen molar-refractivity contribution >= 4 is 5.96 Å². The average Bonchev–Trinajstić information content (AvgIpc) is 1.79. The second kappa shape index (κ2) is 5.05. The Labute approximate surface area is 61.5 Å². The zero-order valence-corrected chi connectivity index (χ0v) is 6.43. The second-order valence-corrected chi connectivity index (χ2v) is 2.50. The van der Waals surface area contributed by atoms with Gasteiger partial charge in [-0.1, -0.05) is 0 Å². The van der Waals surface area contributed by atoms with Crippen LogP contribution >= 0.6 is 0 Å². The molecule has 0 fully saturated rings. The van der Waals surface area contributed by atoms with E-state index in [1.807, 2.05) is 6.92 Å². The van der Waals surface area contributed by atoms with E-state index in [0.717, 1.165) is 19.4 Å². The minimum Gasteiger partial charge on any atom is -0.328 e. The number of hydrogen-bond donors (Lipinski definition) is 4. The fourth-order valence-corrected chi connectivity index (χ4v) is 0.657. The van der Waals surface area contributed by atoms with Crippen molar-refractivity contribution in [3.63, 3.8) is 0 Å². The molecule has 0 aliphatic rings. The van der Waals surface area contributed by atoms with Gasteiger partial charge in [-0.05, 0) is 19.8 Å². The molecule has 60 valence electrons. The van der Waals surface area contributed by atoms with Gasteiger partial charge < -0.3 is 5.73 Å². The van der Waals surface area contributed by atoms with Crippen molar-refractivity contribution < 1.29 is 4.99 Å². The molecular weight excluding hydrogens is 128 g/mol. The van der Waals surface area contributed by atoms with Crippen LogP contribution in [0.1, 0.15) is 19.8 Å². The molecule has 0 unspecified atom stereocenters. The van der Waals surface area contributed by atoms with E-state index in [1.165, 1.54) is 0 Å². The van der Waals surface area contributed by atoms with Crippen LogP contribution in [0.15, 0.2) is 0 Å². The summed E-state index contributed by atoms with van der Waals surface area (Å²) in [6.45, 7) is 2.79. The molecule has 0 heterocycles. The smallest absolute Gasteiger partial charge is 0.328 e. The highest BCUT2D eigenvalue weighted by atomic mass is 15.0. The normalized spacial score (nSPS) is 12.6. The van der Waals surface area contributed by atoms with E-state index in [9.17, 15) is 0 Å². The minimum absolute atomic E-state index is 0.265. The van der Waals surface area contributed by atoms with E-state index < -0.39 is 0 Å². The van der Waals surface area contributed by atoms with Gasteiger partial charge in [0, 0.05) is 6.04 Å². The van der Waals surface area contributed by atoms with E-state index in [2.05, 4.69) is 4.99 Å². The fraction of sp³-hybridized carbons (Fsp3) is 0.833. The summed E-state index contributed by atoms with van der Waals surface area (Å²) in [5.74, 6) is 0.282. The lowest BCUT2D eigenvalue weighted by molar-refractivity contribution is -0.459. The van der Waals surface area contributed by atoms with Crippen molar-refractivity contribution in [2.75, 3.05) is 6.54 Å². The first-order chi connectivity index (χ1) is 4.63. The fourth-order valence-electron chi connectivity index (χ4n) is 0.657.